The van der Waals surface area contributed by atoms with Crippen LogP contribution in [0.15, 0.2) is 78.9 Å². The van der Waals surface area contributed by atoms with E-state index in [1.165, 1.54) is 0 Å². The normalized spacial score (nSPS) is 23.1. The monoisotopic (exact) mass is 629 g/mol. The van der Waals surface area contributed by atoms with Crippen LogP contribution >= 0.6 is 23.2 Å². The molecule has 1 fully saturated rings. The molecule has 1 heterocycles. The summed E-state index contributed by atoms with van der Waals surface area (Å²) in [7, 11) is -3.55. The van der Waals surface area contributed by atoms with E-state index in [0.717, 1.165) is 24.7 Å². The number of nitrogens with one attached hydrogen (secondary N) is 2. The number of carbonyl (C=O) groups excluding carboxylic acids is 2. The molecular formula is C32H37Cl2N3O4S. The van der Waals surface area contributed by atoms with Crippen molar-refractivity contribution in [3.05, 3.63) is 106 Å². The SMILES string of the molecule is C=C/C=C\C=C(/C)CCNC(=O)[C@@H]1c2ccccc2C(=O)N([C@H]2CCCC[C@@H]2NS(C)(=O)=O)[C@H]1c1ccc(Cl)cc1Cl. The van der Waals surface area contributed by atoms with E-state index in [2.05, 4.69) is 16.6 Å². The van der Waals surface area contributed by atoms with Crippen molar-refractivity contribution in [3.63, 3.8) is 0 Å². The summed E-state index contributed by atoms with van der Waals surface area (Å²) < 4.78 is 27.5. The van der Waals surface area contributed by atoms with Crippen molar-refractivity contribution in [2.45, 2.75) is 63.1 Å². The fourth-order valence-corrected chi connectivity index (χ4v) is 7.35. The maximum absolute atomic E-state index is 14.3. The maximum Gasteiger partial charge on any atom is 0.255 e. The molecule has 0 saturated heterocycles. The standard InChI is InChI=1S/C32H37Cl2N3O4S/c1-4-5-6-11-21(2)18-19-35-31(38)29-23-12-7-8-13-24(23)32(39)37(30(29)25-17-16-22(33)20-26(25)34)28-15-10-9-14-27(28)36-42(3,40)41/h4-8,11-13,16-17,20,27-30,36H,1,9-10,14-15,18-19H2,2-3H3,(H,35,38)/b6-5-,21-11+/t27-,28-,29+,30-/m0/s1. The minimum absolute atomic E-state index is 0.242. The molecule has 0 bridgehead atoms. The molecule has 42 heavy (non-hydrogen) atoms. The van der Waals surface area contributed by atoms with Crippen molar-refractivity contribution in [1.82, 2.24) is 14.9 Å². The van der Waals surface area contributed by atoms with Crippen molar-refractivity contribution in [2.24, 2.45) is 0 Å². The molecule has 4 atom stereocenters. The van der Waals surface area contributed by atoms with E-state index in [-0.39, 0.29) is 11.8 Å². The van der Waals surface area contributed by atoms with E-state index >= 15 is 0 Å². The third kappa shape index (κ3) is 7.53. The quantitative estimate of drug-likeness (QED) is 0.300. The van der Waals surface area contributed by atoms with Crippen LogP contribution in [-0.4, -0.2) is 50.0 Å². The number of carbonyl (C=O) groups is 2. The van der Waals surface area contributed by atoms with Gasteiger partial charge in [0.2, 0.25) is 15.9 Å². The van der Waals surface area contributed by atoms with Crippen LogP contribution in [0.4, 0.5) is 0 Å². The first-order valence-electron chi connectivity index (χ1n) is 14.1. The Hall–Kier alpha value is -2.91. The molecule has 4 rings (SSSR count). The first-order valence-corrected chi connectivity index (χ1v) is 16.7. The van der Waals surface area contributed by atoms with Crippen LogP contribution in [0.1, 0.15) is 72.5 Å². The molecule has 2 aromatic rings. The van der Waals surface area contributed by atoms with Crippen LogP contribution in [0.2, 0.25) is 10.0 Å². The molecule has 224 valence electrons. The molecule has 10 heteroatoms. The number of fused-ring (bicyclic) bond motifs is 1. The topological polar surface area (TPSA) is 95.6 Å². The number of rotatable bonds is 10. The second kappa shape index (κ2) is 14.0. The van der Waals surface area contributed by atoms with Crippen molar-refractivity contribution in [3.8, 4) is 0 Å². The smallest absolute Gasteiger partial charge is 0.255 e. The summed E-state index contributed by atoms with van der Waals surface area (Å²) in [6.45, 7) is 6.06. The second-order valence-corrected chi connectivity index (χ2v) is 13.5. The van der Waals surface area contributed by atoms with Crippen LogP contribution in [0, 0.1) is 0 Å². The second-order valence-electron chi connectivity index (χ2n) is 10.9. The molecule has 2 aromatic carbocycles. The summed E-state index contributed by atoms with van der Waals surface area (Å²) in [5, 5.41) is 3.85. The predicted octanol–water partition coefficient (Wildman–Crippen LogP) is 6.33. The zero-order valence-electron chi connectivity index (χ0n) is 23.9. The van der Waals surface area contributed by atoms with Gasteiger partial charge in [-0.05, 0) is 55.5 Å². The highest BCUT2D eigenvalue weighted by molar-refractivity contribution is 7.88. The molecule has 0 unspecified atom stereocenters. The number of allylic oxidation sites excluding steroid dienone is 4. The molecule has 1 aliphatic carbocycles. The van der Waals surface area contributed by atoms with Crippen LogP contribution in [0.5, 0.6) is 0 Å². The van der Waals surface area contributed by atoms with E-state index in [1.54, 1.807) is 41.3 Å². The Morgan fingerprint density at radius 1 is 1.10 bits per heavy atom. The lowest BCUT2D eigenvalue weighted by molar-refractivity contribution is -0.124. The highest BCUT2D eigenvalue weighted by Gasteiger charge is 2.49. The van der Waals surface area contributed by atoms with Crippen LogP contribution in [0.25, 0.3) is 0 Å². The van der Waals surface area contributed by atoms with E-state index in [1.807, 2.05) is 37.3 Å². The number of benzene rings is 2. The molecule has 7 nitrogen and oxygen atoms in total. The number of halogens is 2. The van der Waals surface area contributed by atoms with E-state index in [9.17, 15) is 18.0 Å². The Morgan fingerprint density at radius 2 is 1.83 bits per heavy atom. The third-order valence-corrected chi connectivity index (χ3v) is 9.13. The van der Waals surface area contributed by atoms with Gasteiger partial charge in [-0.1, -0.05) is 96.8 Å². The van der Waals surface area contributed by atoms with Gasteiger partial charge in [0, 0.05) is 34.2 Å². The number of sulfonamides is 1. The van der Waals surface area contributed by atoms with Crippen molar-refractivity contribution in [1.29, 1.82) is 0 Å². The van der Waals surface area contributed by atoms with Gasteiger partial charge in [0.1, 0.15) is 0 Å². The number of hydrogen-bond donors (Lipinski definition) is 2. The summed E-state index contributed by atoms with van der Waals surface area (Å²) in [5.41, 5.74) is 2.70. The zero-order chi connectivity index (χ0) is 30.4. The van der Waals surface area contributed by atoms with Gasteiger partial charge in [-0.3, -0.25) is 9.59 Å². The Balaban J connectivity index is 1.80. The Kier molecular flexibility index (Phi) is 10.7. The molecule has 0 aromatic heterocycles. The summed E-state index contributed by atoms with van der Waals surface area (Å²) in [6.07, 6.45) is 12.0. The average Bonchev–Trinajstić information content (AvgIpc) is 2.93. The molecule has 2 amide bonds. The highest BCUT2D eigenvalue weighted by atomic mass is 35.5. The number of hydrogen-bond acceptors (Lipinski definition) is 4. The largest absolute Gasteiger partial charge is 0.355 e. The zero-order valence-corrected chi connectivity index (χ0v) is 26.2. The van der Waals surface area contributed by atoms with Gasteiger partial charge >= 0.3 is 0 Å². The molecule has 2 aliphatic rings. The fourth-order valence-electron chi connectivity index (χ4n) is 6.00. The number of amides is 2. The van der Waals surface area contributed by atoms with Gasteiger partial charge in [-0.15, -0.1) is 0 Å². The highest BCUT2D eigenvalue weighted by Crippen LogP contribution is 2.47. The molecule has 0 radical (unpaired) electrons. The first-order chi connectivity index (χ1) is 20.0. The van der Waals surface area contributed by atoms with E-state index in [0.29, 0.717) is 52.5 Å². The minimum Gasteiger partial charge on any atom is -0.355 e. The van der Waals surface area contributed by atoms with Crippen LogP contribution in [-0.2, 0) is 14.8 Å². The number of nitrogens with zero attached hydrogens (tertiary/aromatic N) is 1. The van der Waals surface area contributed by atoms with Crippen LogP contribution in [0.3, 0.4) is 0 Å². The predicted molar refractivity (Wildman–Crippen MR) is 169 cm³/mol. The summed E-state index contributed by atoms with van der Waals surface area (Å²) in [6, 6.07) is 10.4. The van der Waals surface area contributed by atoms with Gasteiger partial charge < -0.3 is 10.2 Å². The minimum atomic E-state index is -3.55. The first kappa shape index (κ1) is 32.0. The lowest BCUT2D eigenvalue weighted by atomic mass is 9.76. The van der Waals surface area contributed by atoms with Gasteiger partial charge in [0.15, 0.2) is 0 Å². The summed E-state index contributed by atoms with van der Waals surface area (Å²) in [5.74, 6) is -1.29. The van der Waals surface area contributed by atoms with Crippen molar-refractivity contribution < 1.29 is 18.0 Å². The molecular weight excluding hydrogens is 593 g/mol. The van der Waals surface area contributed by atoms with Gasteiger partial charge in [-0.2, -0.15) is 0 Å². The maximum atomic E-state index is 14.3. The lowest BCUT2D eigenvalue weighted by Crippen LogP contribution is -2.59. The Bertz CT molecular complexity index is 1500. The Morgan fingerprint density at radius 3 is 2.55 bits per heavy atom. The Labute approximate surface area is 258 Å². The molecule has 1 aliphatic heterocycles. The van der Waals surface area contributed by atoms with Crippen molar-refractivity contribution >= 4 is 45.0 Å². The molecule has 0 spiro atoms. The molecule has 1 saturated carbocycles. The lowest BCUT2D eigenvalue weighted by Gasteiger charge is -2.49. The van der Waals surface area contributed by atoms with Gasteiger partial charge in [0.05, 0.1) is 18.2 Å². The summed E-state index contributed by atoms with van der Waals surface area (Å²) in [4.78, 5) is 30.1. The van der Waals surface area contributed by atoms with E-state index < -0.39 is 34.1 Å². The van der Waals surface area contributed by atoms with Gasteiger partial charge in [-0.25, -0.2) is 13.1 Å². The van der Waals surface area contributed by atoms with Crippen LogP contribution < -0.4 is 10.0 Å². The van der Waals surface area contributed by atoms with Gasteiger partial charge in [0.25, 0.3) is 5.91 Å². The fraction of sp³-hybridized carbons (Fsp3) is 0.375. The van der Waals surface area contributed by atoms with Crippen molar-refractivity contribution in [2.75, 3.05) is 12.8 Å². The van der Waals surface area contributed by atoms with E-state index in [4.69, 9.17) is 23.2 Å². The third-order valence-electron chi connectivity index (χ3n) is 7.84. The summed E-state index contributed by atoms with van der Waals surface area (Å²) >= 11 is 13.0. The average molecular weight is 631 g/mol. The molecule has 2 N–H and O–H groups in total.